The van der Waals surface area contributed by atoms with E-state index in [4.69, 9.17) is 0 Å². The molecule has 0 radical (unpaired) electrons. The summed E-state index contributed by atoms with van der Waals surface area (Å²) in [6.07, 6.45) is 0.714. The van der Waals surface area contributed by atoms with Crippen LogP contribution in [-0.2, 0) is 9.84 Å². The SMILES string of the molecule is CCC1CNC(C)(C)CS1(=O)=O. The van der Waals surface area contributed by atoms with Gasteiger partial charge in [-0.25, -0.2) is 8.42 Å². The van der Waals surface area contributed by atoms with Gasteiger partial charge in [-0.2, -0.15) is 0 Å². The van der Waals surface area contributed by atoms with E-state index in [-0.39, 0.29) is 16.5 Å². The van der Waals surface area contributed by atoms with Crippen LogP contribution in [0.15, 0.2) is 0 Å². The molecule has 3 nitrogen and oxygen atoms in total. The molecule has 0 aromatic heterocycles. The first kappa shape index (κ1) is 9.99. The van der Waals surface area contributed by atoms with Crippen molar-refractivity contribution in [3.63, 3.8) is 0 Å². The Morgan fingerprint density at radius 2 is 2.08 bits per heavy atom. The zero-order chi connectivity index (χ0) is 9.41. The molecule has 1 unspecified atom stereocenters. The van der Waals surface area contributed by atoms with E-state index in [9.17, 15) is 8.42 Å². The van der Waals surface area contributed by atoms with Crippen molar-refractivity contribution in [1.29, 1.82) is 0 Å². The number of sulfone groups is 1. The van der Waals surface area contributed by atoms with Crippen LogP contribution in [0, 0.1) is 0 Å². The molecule has 1 rings (SSSR count). The second kappa shape index (κ2) is 3.00. The summed E-state index contributed by atoms with van der Waals surface area (Å²) in [5, 5.41) is 3.06. The Morgan fingerprint density at radius 1 is 1.50 bits per heavy atom. The lowest BCUT2D eigenvalue weighted by Crippen LogP contribution is -2.56. The van der Waals surface area contributed by atoms with Crippen molar-refractivity contribution in [3.05, 3.63) is 0 Å². The Balaban J connectivity index is 2.82. The maximum absolute atomic E-state index is 11.6. The van der Waals surface area contributed by atoms with Gasteiger partial charge in [0.25, 0.3) is 0 Å². The lowest BCUT2D eigenvalue weighted by molar-refractivity contribution is 0.392. The van der Waals surface area contributed by atoms with Crippen LogP contribution in [0.4, 0.5) is 0 Å². The van der Waals surface area contributed by atoms with Gasteiger partial charge in [0.1, 0.15) is 0 Å². The monoisotopic (exact) mass is 191 g/mol. The average Bonchev–Trinajstić information content (AvgIpc) is 1.83. The van der Waals surface area contributed by atoms with Gasteiger partial charge in [-0.05, 0) is 20.3 Å². The second-order valence-corrected chi connectivity index (χ2v) is 6.38. The van der Waals surface area contributed by atoms with Crippen LogP contribution in [-0.4, -0.2) is 31.5 Å². The number of hydrogen-bond acceptors (Lipinski definition) is 3. The molecular weight excluding hydrogens is 174 g/mol. The molecule has 0 bridgehead atoms. The van der Waals surface area contributed by atoms with Gasteiger partial charge in [0.05, 0.1) is 11.0 Å². The molecule has 12 heavy (non-hydrogen) atoms. The first-order valence-electron chi connectivity index (χ1n) is 4.34. The molecule has 1 N–H and O–H groups in total. The fraction of sp³-hybridized carbons (Fsp3) is 1.00. The molecule has 72 valence electrons. The van der Waals surface area contributed by atoms with Gasteiger partial charge in [0.2, 0.25) is 0 Å². The first-order chi connectivity index (χ1) is 5.37. The van der Waals surface area contributed by atoms with E-state index >= 15 is 0 Å². The van der Waals surface area contributed by atoms with E-state index in [1.807, 2.05) is 20.8 Å². The molecule has 1 heterocycles. The summed E-state index contributed by atoms with van der Waals surface area (Å²) in [6.45, 7) is 6.38. The van der Waals surface area contributed by atoms with Crippen LogP contribution >= 0.6 is 0 Å². The highest BCUT2D eigenvalue weighted by Crippen LogP contribution is 2.19. The van der Waals surface area contributed by atoms with Crippen molar-refractivity contribution in [3.8, 4) is 0 Å². The Bertz CT molecular complexity index is 256. The largest absolute Gasteiger partial charge is 0.309 e. The standard InChI is InChI=1S/C8H17NO2S/c1-4-7-5-9-8(2,3)6-12(7,10)11/h7,9H,4-6H2,1-3H3. The fourth-order valence-electron chi connectivity index (χ4n) is 1.59. The summed E-state index contributed by atoms with van der Waals surface area (Å²) in [5.41, 5.74) is -0.246. The molecule has 1 aliphatic heterocycles. The van der Waals surface area contributed by atoms with Crippen molar-refractivity contribution >= 4 is 9.84 Å². The van der Waals surface area contributed by atoms with E-state index in [1.165, 1.54) is 0 Å². The van der Waals surface area contributed by atoms with E-state index < -0.39 is 9.84 Å². The summed E-state index contributed by atoms with van der Waals surface area (Å²) in [4.78, 5) is 0. The number of hydrogen-bond donors (Lipinski definition) is 1. The quantitative estimate of drug-likeness (QED) is 0.659. The highest BCUT2D eigenvalue weighted by Gasteiger charge is 2.36. The molecule has 0 aromatic rings. The average molecular weight is 191 g/mol. The maximum Gasteiger partial charge on any atom is 0.156 e. The Labute approximate surface area is 74.5 Å². The van der Waals surface area contributed by atoms with Crippen LogP contribution < -0.4 is 5.32 Å². The zero-order valence-corrected chi connectivity index (χ0v) is 8.74. The van der Waals surface area contributed by atoms with E-state index in [1.54, 1.807) is 0 Å². The summed E-state index contributed by atoms with van der Waals surface area (Å²) < 4.78 is 23.2. The number of rotatable bonds is 1. The van der Waals surface area contributed by atoms with Crippen LogP contribution in [0.25, 0.3) is 0 Å². The fourth-order valence-corrected chi connectivity index (χ4v) is 3.78. The lowest BCUT2D eigenvalue weighted by Gasteiger charge is -2.35. The highest BCUT2D eigenvalue weighted by molar-refractivity contribution is 7.92. The van der Waals surface area contributed by atoms with Gasteiger partial charge in [-0.1, -0.05) is 6.92 Å². The maximum atomic E-state index is 11.6. The number of nitrogens with one attached hydrogen (secondary N) is 1. The third-order valence-corrected chi connectivity index (χ3v) is 4.97. The smallest absolute Gasteiger partial charge is 0.156 e. The van der Waals surface area contributed by atoms with Gasteiger partial charge >= 0.3 is 0 Å². The molecule has 0 spiro atoms. The summed E-state index contributed by atoms with van der Waals surface area (Å²) in [7, 11) is -2.84. The Morgan fingerprint density at radius 3 is 2.50 bits per heavy atom. The minimum absolute atomic E-state index is 0.175. The highest BCUT2D eigenvalue weighted by atomic mass is 32.2. The van der Waals surface area contributed by atoms with Crippen molar-refractivity contribution in [1.82, 2.24) is 5.32 Å². The van der Waals surface area contributed by atoms with Gasteiger partial charge in [0.15, 0.2) is 9.84 Å². The predicted octanol–water partition coefficient (Wildman–Crippen LogP) is 0.562. The zero-order valence-electron chi connectivity index (χ0n) is 7.92. The molecule has 4 heteroatoms. The van der Waals surface area contributed by atoms with Crippen molar-refractivity contribution in [2.24, 2.45) is 0 Å². The van der Waals surface area contributed by atoms with Gasteiger partial charge in [-0.3, -0.25) is 0 Å². The molecular formula is C8H17NO2S. The normalized spacial score (nSPS) is 33.1. The second-order valence-electron chi connectivity index (χ2n) is 4.10. The summed E-state index contributed by atoms with van der Waals surface area (Å²) in [5.74, 6) is 0.262. The molecule has 1 fully saturated rings. The summed E-state index contributed by atoms with van der Waals surface area (Å²) in [6, 6.07) is 0. The minimum Gasteiger partial charge on any atom is -0.309 e. The summed E-state index contributed by atoms with van der Waals surface area (Å²) >= 11 is 0. The van der Waals surface area contributed by atoms with Gasteiger partial charge in [-0.15, -0.1) is 0 Å². The minimum atomic E-state index is -2.84. The van der Waals surface area contributed by atoms with Crippen LogP contribution in [0.5, 0.6) is 0 Å². The molecule has 1 saturated heterocycles. The van der Waals surface area contributed by atoms with E-state index in [0.717, 1.165) is 0 Å². The molecule has 0 saturated carbocycles. The van der Waals surface area contributed by atoms with Crippen molar-refractivity contribution < 1.29 is 8.42 Å². The molecule has 0 aromatic carbocycles. The van der Waals surface area contributed by atoms with Crippen LogP contribution in [0.1, 0.15) is 27.2 Å². The van der Waals surface area contributed by atoms with E-state index in [0.29, 0.717) is 13.0 Å². The predicted molar refractivity (Wildman–Crippen MR) is 49.9 cm³/mol. The Hall–Kier alpha value is -0.0900. The van der Waals surface area contributed by atoms with Crippen molar-refractivity contribution in [2.75, 3.05) is 12.3 Å². The van der Waals surface area contributed by atoms with Crippen LogP contribution in [0.2, 0.25) is 0 Å². The third-order valence-electron chi connectivity index (χ3n) is 2.33. The third kappa shape index (κ3) is 1.98. The molecule has 0 amide bonds. The molecule has 1 aliphatic rings. The van der Waals surface area contributed by atoms with Gasteiger partial charge in [0, 0.05) is 12.1 Å². The molecule has 1 atom stereocenters. The first-order valence-corrected chi connectivity index (χ1v) is 6.05. The van der Waals surface area contributed by atoms with Crippen LogP contribution in [0.3, 0.4) is 0 Å². The van der Waals surface area contributed by atoms with E-state index in [2.05, 4.69) is 5.32 Å². The van der Waals surface area contributed by atoms with Crippen molar-refractivity contribution in [2.45, 2.75) is 38.0 Å². The molecule has 0 aliphatic carbocycles. The Kier molecular flexibility index (Phi) is 2.50. The topological polar surface area (TPSA) is 46.2 Å². The lowest BCUT2D eigenvalue weighted by atomic mass is 10.1. The van der Waals surface area contributed by atoms with Gasteiger partial charge < -0.3 is 5.32 Å².